The van der Waals surface area contributed by atoms with Gasteiger partial charge in [0.25, 0.3) is 0 Å². The van der Waals surface area contributed by atoms with Gasteiger partial charge >= 0.3 is 0 Å². The number of nitrogens with one attached hydrogen (secondary N) is 2. The van der Waals surface area contributed by atoms with E-state index >= 15 is 0 Å². The van der Waals surface area contributed by atoms with Gasteiger partial charge in [0.2, 0.25) is 0 Å². The maximum absolute atomic E-state index is 8.71. The minimum Gasteiger partial charge on any atom is -0.395 e. The number of aliphatic hydroxyl groups excluding tert-OH is 1. The molecule has 0 atom stereocenters. The number of aromatic nitrogens is 2. The van der Waals surface area contributed by atoms with Crippen LogP contribution in [-0.2, 0) is 13.0 Å². The van der Waals surface area contributed by atoms with Gasteiger partial charge in [0.15, 0.2) is 0 Å². The normalized spacial score (nSPS) is 14.9. The summed E-state index contributed by atoms with van der Waals surface area (Å²) in [5, 5.41) is 15.1. The molecule has 1 aromatic rings. The van der Waals surface area contributed by atoms with Crippen LogP contribution >= 0.6 is 0 Å². The van der Waals surface area contributed by atoms with Gasteiger partial charge in [-0.3, -0.25) is 0 Å². The molecular formula is C9H14N4O. The fraction of sp³-hybridized carbons (Fsp3) is 0.556. The molecule has 14 heavy (non-hydrogen) atoms. The Morgan fingerprint density at radius 1 is 1.50 bits per heavy atom. The predicted octanol–water partition coefficient (Wildman–Crippen LogP) is -0.473. The standard InChI is InChI=1S/C9H14N4O/c14-4-3-11-9-7-1-2-10-5-8(7)12-6-13-9/h6,10,14H,1-5H2,(H,11,12,13). The lowest BCUT2D eigenvalue weighted by Gasteiger charge is -2.18. The molecule has 1 aromatic heterocycles. The van der Waals surface area contributed by atoms with E-state index in [1.807, 2.05) is 0 Å². The summed E-state index contributed by atoms with van der Waals surface area (Å²) in [7, 11) is 0. The average molecular weight is 194 g/mol. The summed E-state index contributed by atoms with van der Waals surface area (Å²) in [4.78, 5) is 8.38. The van der Waals surface area contributed by atoms with Gasteiger partial charge in [-0.2, -0.15) is 0 Å². The number of anilines is 1. The van der Waals surface area contributed by atoms with E-state index in [4.69, 9.17) is 5.11 Å². The van der Waals surface area contributed by atoms with Crippen molar-refractivity contribution >= 4 is 5.82 Å². The van der Waals surface area contributed by atoms with Crippen molar-refractivity contribution in [3.05, 3.63) is 17.6 Å². The van der Waals surface area contributed by atoms with Crippen molar-refractivity contribution in [3.63, 3.8) is 0 Å². The third-order valence-electron chi connectivity index (χ3n) is 2.28. The zero-order valence-corrected chi connectivity index (χ0v) is 7.95. The van der Waals surface area contributed by atoms with E-state index in [1.54, 1.807) is 6.33 Å². The Bertz CT molecular complexity index is 316. The van der Waals surface area contributed by atoms with Crippen molar-refractivity contribution < 1.29 is 5.11 Å². The van der Waals surface area contributed by atoms with Crippen LogP contribution < -0.4 is 10.6 Å². The smallest absolute Gasteiger partial charge is 0.133 e. The van der Waals surface area contributed by atoms with Gasteiger partial charge in [0.05, 0.1) is 12.3 Å². The van der Waals surface area contributed by atoms with Crippen molar-refractivity contribution in [1.29, 1.82) is 0 Å². The molecule has 0 saturated carbocycles. The van der Waals surface area contributed by atoms with Crippen LogP contribution in [0.2, 0.25) is 0 Å². The van der Waals surface area contributed by atoms with Crippen LogP contribution in [0.4, 0.5) is 5.82 Å². The second-order valence-corrected chi connectivity index (χ2v) is 3.22. The maximum atomic E-state index is 8.71. The van der Waals surface area contributed by atoms with Crippen LogP contribution in [0.15, 0.2) is 6.33 Å². The molecule has 2 rings (SSSR count). The van der Waals surface area contributed by atoms with E-state index in [0.29, 0.717) is 6.54 Å². The molecule has 0 spiro atoms. The van der Waals surface area contributed by atoms with Crippen molar-refractivity contribution in [2.75, 3.05) is 25.0 Å². The van der Waals surface area contributed by atoms with E-state index in [0.717, 1.165) is 31.0 Å². The van der Waals surface area contributed by atoms with Crippen LogP contribution in [0.1, 0.15) is 11.3 Å². The lowest BCUT2D eigenvalue weighted by atomic mass is 10.1. The van der Waals surface area contributed by atoms with Gasteiger partial charge in [-0.1, -0.05) is 0 Å². The lowest BCUT2D eigenvalue weighted by molar-refractivity contribution is 0.311. The minimum absolute atomic E-state index is 0.122. The number of hydrogen-bond acceptors (Lipinski definition) is 5. The number of fused-ring (bicyclic) bond motifs is 1. The van der Waals surface area contributed by atoms with E-state index in [-0.39, 0.29) is 6.61 Å². The number of hydrogen-bond donors (Lipinski definition) is 3. The Morgan fingerprint density at radius 2 is 2.43 bits per heavy atom. The molecule has 0 saturated heterocycles. The highest BCUT2D eigenvalue weighted by molar-refractivity contribution is 5.46. The first-order valence-electron chi connectivity index (χ1n) is 4.80. The molecule has 5 heteroatoms. The van der Waals surface area contributed by atoms with E-state index < -0.39 is 0 Å². The van der Waals surface area contributed by atoms with Crippen LogP contribution in [0, 0.1) is 0 Å². The minimum atomic E-state index is 0.122. The average Bonchev–Trinajstić information content (AvgIpc) is 2.26. The molecule has 0 radical (unpaired) electrons. The molecule has 3 N–H and O–H groups in total. The Balaban J connectivity index is 2.21. The fourth-order valence-corrected chi connectivity index (χ4v) is 1.61. The van der Waals surface area contributed by atoms with Crippen LogP contribution in [0.25, 0.3) is 0 Å². The lowest BCUT2D eigenvalue weighted by Crippen LogP contribution is -2.26. The molecule has 0 bridgehead atoms. The van der Waals surface area contributed by atoms with Crippen molar-refractivity contribution in [3.8, 4) is 0 Å². The molecule has 5 nitrogen and oxygen atoms in total. The molecule has 0 aromatic carbocycles. The van der Waals surface area contributed by atoms with Crippen molar-refractivity contribution in [1.82, 2.24) is 15.3 Å². The SMILES string of the molecule is OCCNc1ncnc2c1CCNC2. The summed E-state index contributed by atoms with van der Waals surface area (Å²) in [6.45, 7) is 2.44. The molecule has 76 valence electrons. The first kappa shape index (κ1) is 9.36. The largest absolute Gasteiger partial charge is 0.395 e. The van der Waals surface area contributed by atoms with Crippen LogP contribution in [0.5, 0.6) is 0 Å². The first-order chi connectivity index (χ1) is 6.92. The van der Waals surface area contributed by atoms with Gasteiger partial charge in [-0.25, -0.2) is 9.97 Å². The summed E-state index contributed by atoms with van der Waals surface area (Å²) >= 11 is 0. The molecule has 2 heterocycles. The highest BCUT2D eigenvalue weighted by atomic mass is 16.3. The maximum Gasteiger partial charge on any atom is 0.133 e. The number of aliphatic hydroxyl groups is 1. The zero-order chi connectivity index (χ0) is 9.80. The van der Waals surface area contributed by atoms with Gasteiger partial charge in [-0.15, -0.1) is 0 Å². The molecule has 1 aliphatic rings. The predicted molar refractivity (Wildman–Crippen MR) is 53.0 cm³/mol. The Labute approximate surface area is 82.6 Å². The van der Waals surface area contributed by atoms with Gasteiger partial charge in [-0.05, 0) is 13.0 Å². The summed E-state index contributed by atoms with van der Waals surface area (Å²) in [6.07, 6.45) is 2.51. The van der Waals surface area contributed by atoms with Crippen LogP contribution in [-0.4, -0.2) is 34.8 Å². The molecule has 0 amide bonds. The molecule has 1 aliphatic heterocycles. The number of rotatable bonds is 3. The van der Waals surface area contributed by atoms with Gasteiger partial charge in [0.1, 0.15) is 12.1 Å². The summed E-state index contributed by atoms with van der Waals surface area (Å²) in [5.74, 6) is 0.866. The fourth-order valence-electron chi connectivity index (χ4n) is 1.61. The molecule has 0 aliphatic carbocycles. The third-order valence-corrected chi connectivity index (χ3v) is 2.28. The Kier molecular flexibility index (Phi) is 2.90. The van der Waals surface area contributed by atoms with E-state index in [9.17, 15) is 0 Å². The third kappa shape index (κ3) is 1.83. The van der Waals surface area contributed by atoms with Gasteiger partial charge < -0.3 is 15.7 Å². The highest BCUT2D eigenvalue weighted by Gasteiger charge is 2.14. The highest BCUT2D eigenvalue weighted by Crippen LogP contribution is 2.17. The first-order valence-corrected chi connectivity index (χ1v) is 4.80. The summed E-state index contributed by atoms with van der Waals surface area (Å²) in [5.41, 5.74) is 2.24. The van der Waals surface area contributed by atoms with Gasteiger partial charge in [0, 0.05) is 18.7 Å². The second kappa shape index (κ2) is 4.34. The zero-order valence-electron chi connectivity index (χ0n) is 7.95. The van der Waals surface area contributed by atoms with Crippen molar-refractivity contribution in [2.24, 2.45) is 0 Å². The Morgan fingerprint density at radius 3 is 3.29 bits per heavy atom. The molecule has 0 fully saturated rings. The number of nitrogens with zero attached hydrogens (tertiary/aromatic N) is 2. The quantitative estimate of drug-likeness (QED) is 0.606. The Hall–Kier alpha value is -1.20. The molecular weight excluding hydrogens is 180 g/mol. The summed E-state index contributed by atoms with van der Waals surface area (Å²) < 4.78 is 0. The topological polar surface area (TPSA) is 70.1 Å². The summed E-state index contributed by atoms with van der Waals surface area (Å²) in [6, 6.07) is 0. The second-order valence-electron chi connectivity index (χ2n) is 3.22. The monoisotopic (exact) mass is 194 g/mol. The van der Waals surface area contributed by atoms with Crippen LogP contribution in [0.3, 0.4) is 0 Å². The van der Waals surface area contributed by atoms with E-state index in [1.165, 1.54) is 5.56 Å². The van der Waals surface area contributed by atoms with E-state index in [2.05, 4.69) is 20.6 Å². The van der Waals surface area contributed by atoms with Crippen molar-refractivity contribution in [2.45, 2.75) is 13.0 Å². The molecule has 0 unspecified atom stereocenters.